The van der Waals surface area contributed by atoms with Crippen LogP contribution in [-0.2, 0) is 13.1 Å². The predicted octanol–water partition coefficient (Wildman–Crippen LogP) is 1.11. The Morgan fingerprint density at radius 1 is 1.48 bits per heavy atom. The number of tetrazole rings is 1. The molecule has 3 aromatic rings. The van der Waals surface area contributed by atoms with Crippen LogP contribution in [0.2, 0.25) is 0 Å². The summed E-state index contributed by atoms with van der Waals surface area (Å²) in [4.78, 5) is 16.7. The zero-order valence-electron chi connectivity index (χ0n) is 12.7. The van der Waals surface area contributed by atoms with Crippen molar-refractivity contribution in [3.8, 4) is 11.5 Å². The van der Waals surface area contributed by atoms with E-state index in [0.717, 1.165) is 5.01 Å². The molecule has 3 heterocycles. The Balaban J connectivity index is 1.62. The first-order valence-corrected chi connectivity index (χ1v) is 7.99. The molecule has 0 spiro atoms. The zero-order valence-corrected chi connectivity index (χ0v) is 13.5. The Bertz CT molecular complexity index is 776. The lowest BCUT2D eigenvalue weighted by Crippen LogP contribution is -2.26. The van der Waals surface area contributed by atoms with E-state index in [1.165, 1.54) is 11.3 Å². The first-order valence-electron chi connectivity index (χ1n) is 7.11. The third-order valence-electron chi connectivity index (χ3n) is 3.01. The highest BCUT2D eigenvalue weighted by atomic mass is 32.1. The quantitative estimate of drug-likeness (QED) is 0.699. The molecule has 9 nitrogen and oxygen atoms in total. The average molecular weight is 332 g/mol. The van der Waals surface area contributed by atoms with Crippen LogP contribution in [0.15, 0.2) is 17.6 Å². The van der Waals surface area contributed by atoms with E-state index in [2.05, 4.69) is 49.9 Å². The molecule has 0 bridgehead atoms. The maximum absolute atomic E-state index is 12.3. The number of H-pyrrole nitrogens is 1. The van der Waals surface area contributed by atoms with Crippen LogP contribution in [0.1, 0.15) is 29.3 Å². The van der Waals surface area contributed by atoms with Gasteiger partial charge in [-0.15, -0.1) is 21.5 Å². The van der Waals surface area contributed by atoms with Crippen molar-refractivity contribution in [2.24, 2.45) is 5.92 Å². The summed E-state index contributed by atoms with van der Waals surface area (Å²) in [6, 6.07) is 1.71. The van der Waals surface area contributed by atoms with Crippen molar-refractivity contribution in [3.05, 3.63) is 28.3 Å². The fraction of sp³-hybridized carbons (Fsp3) is 0.385. The van der Waals surface area contributed by atoms with Crippen LogP contribution >= 0.6 is 11.3 Å². The molecule has 0 atom stereocenters. The number of carbonyl (C=O) groups is 1. The van der Waals surface area contributed by atoms with E-state index in [4.69, 9.17) is 0 Å². The van der Waals surface area contributed by atoms with Crippen molar-refractivity contribution in [1.82, 2.24) is 40.7 Å². The number of aromatic nitrogens is 7. The summed E-state index contributed by atoms with van der Waals surface area (Å²) in [5.41, 5.74) is 1.19. The predicted molar refractivity (Wildman–Crippen MR) is 83.5 cm³/mol. The normalized spacial score (nSPS) is 11.1. The van der Waals surface area contributed by atoms with Crippen molar-refractivity contribution in [2.45, 2.75) is 26.9 Å². The first-order chi connectivity index (χ1) is 11.1. The first kappa shape index (κ1) is 15.3. The molecule has 3 rings (SSSR count). The molecule has 23 heavy (non-hydrogen) atoms. The van der Waals surface area contributed by atoms with Gasteiger partial charge in [-0.05, 0) is 17.2 Å². The van der Waals surface area contributed by atoms with Gasteiger partial charge in [0.2, 0.25) is 5.82 Å². The fourth-order valence-electron chi connectivity index (χ4n) is 2.03. The number of nitrogens with zero attached hydrogens (tertiary/aromatic N) is 6. The van der Waals surface area contributed by atoms with Crippen molar-refractivity contribution in [3.63, 3.8) is 0 Å². The van der Waals surface area contributed by atoms with Gasteiger partial charge in [-0.3, -0.25) is 9.48 Å². The third kappa shape index (κ3) is 3.59. The van der Waals surface area contributed by atoms with Crippen LogP contribution in [0.5, 0.6) is 0 Å². The molecule has 1 amide bonds. The van der Waals surface area contributed by atoms with Gasteiger partial charge in [0.05, 0.1) is 6.54 Å². The molecule has 0 aliphatic carbocycles. The van der Waals surface area contributed by atoms with Gasteiger partial charge in [-0.25, -0.2) is 4.98 Å². The van der Waals surface area contributed by atoms with Crippen LogP contribution < -0.4 is 5.32 Å². The largest absolute Gasteiger partial charge is 0.344 e. The Hall–Kier alpha value is -2.62. The van der Waals surface area contributed by atoms with Crippen molar-refractivity contribution < 1.29 is 4.79 Å². The number of carbonyl (C=O) groups excluding carboxylic acids is 1. The summed E-state index contributed by atoms with van der Waals surface area (Å²) in [7, 11) is 0. The average Bonchev–Trinajstić information content (AvgIpc) is 3.24. The summed E-state index contributed by atoms with van der Waals surface area (Å²) in [6.45, 7) is 5.21. The fourth-order valence-corrected chi connectivity index (χ4v) is 2.74. The van der Waals surface area contributed by atoms with E-state index in [1.807, 2.05) is 5.38 Å². The Morgan fingerprint density at radius 3 is 3.09 bits per heavy atom. The van der Waals surface area contributed by atoms with Crippen molar-refractivity contribution >= 4 is 17.2 Å². The lowest BCUT2D eigenvalue weighted by molar-refractivity contribution is 0.0939. The SMILES string of the molecule is CC(C)Cn1nccc1C(=O)NCc1nc(-c2nn[nH]n2)cs1. The van der Waals surface area contributed by atoms with Gasteiger partial charge in [-0.1, -0.05) is 13.8 Å². The minimum atomic E-state index is -0.167. The van der Waals surface area contributed by atoms with E-state index >= 15 is 0 Å². The Kier molecular flexibility index (Phi) is 4.42. The highest BCUT2D eigenvalue weighted by Crippen LogP contribution is 2.17. The molecule has 10 heteroatoms. The number of hydrogen-bond donors (Lipinski definition) is 2. The maximum Gasteiger partial charge on any atom is 0.269 e. The highest BCUT2D eigenvalue weighted by Gasteiger charge is 2.14. The number of aromatic amines is 1. The minimum absolute atomic E-state index is 0.167. The van der Waals surface area contributed by atoms with E-state index in [9.17, 15) is 4.79 Å². The second kappa shape index (κ2) is 6.65. The molecule has 2 N–H and O–H groups in total. The molecule has 120 valence electrons. The lowest BCUT2D eigenvalue weighted by Gasteiger charge is -2.09. The summed E-state index contributed by atoms with van der Waals surface area (Å²) in [5, 5.41) is 23.3. The number of amides is 1. The van der Waals surface area contributed by atoms with Gasteiger partial charge in [0.1, 0.15) is 16.4 Å². The second-order valence-corrected chi connectivity index (χ2v) is 6.28. The maximum atomic E-state index is 12.3. The van der Waals surface area contributed by atoms with Crippen LogP contribution in [0.4, 0.5) is 0 Å². The third-order valence-corrected chi connectivity index (χ3v) is 3.86. The second-order valence-electron chi connectivity index (χ2n) is 5.34. The standard InChI is InChI=1S/C13H16N8OS/c1-8(2)6-21-10(3-4-15-21)13(22)14-5-11-16-9(7-23-11)12-17-19-20-18-12/h3-4,7-8H,5-6H2,1-2H3,(H,14,22)(H,17,18,19,20). The van der Waals surface area contributed by atoms with Crippen LogP contribution in [-0.4, -0.2) is 41.3 Å². The summed E-state index contributed by atoms with van der Waals surface area (Å²) >= 11 is 1.43. The summed E-state index contributed by atoms with van der Waals surface area (Å²) in [6.07, 6.45) is 1.63. The summed E-state index contributed by atoms with van der Waals surface area (Å²) in [5.74, 6) is 0.686. The van der Waals surface area contributed by atoms with Crippen LogP contribution in [0.25, 0.3) is 11.5 Å². The number of nitrogens with one attached hydrogen (secondary N) is 2. The van der Waals surface area contributed by atoms with E-state index in [-0.39, 0.29) is 5.91 Å². The van der Waals surface area contributed by atoms with Crippen molar-refractivity contribution in [1.29, 1.82) is 0 Å². The smallest absolute Gasteiger partial charge is 0.269 e. The highest BCUT2D eigenvalue weighted by molar-refractivity contribution is 7.09. The molecule has 0 saturated carbocycles. The molecule has 0 saturated heterocycles. The molecule has 0 aromatic carbocycles. The topological polar surface area (TPSA) is 114 Å². The molecule has 0 unspecified atom stereocenters. The number of thiazole rings is 1. The molecule has 0 radical (unpaired) electrons. The monoisotopic (exact) mass is 332 g/mol. The van der Waals surface area contributed by atoms with Crippen LogP contribution in [0.3, 0.4) is 0 Å². The number of rotatable bonds is 6. The molecule has 0 aliphatic heterocycles. The molecule has 3 aromatic heterocycles. The summed E-state index contributed by atoms with van der Waals surface area (Å²) < 4.78 is 1.71. The van der Waals surface area contributed by atoms with E-state index < -0.39 is 0 Å². The van der Waals surface area contributed by atoms with Gasteiger partial charge >= 0.3 is 0 Å². The van der Waals surface area contributed by atoms with Gasteiger partial charge in [0.25, 0.3) is 5.91 Å². The molecule has 0 fully saturated rings. The molecular weight excluding hydrogens is 316 g/mol. The van der Waals surface area contributed by atoms with Crippen LogP contribution in [0, 0.1) is 5.92 Å². The van der Waals surface area contributed by atoms with Gasteiger partial charge in [-0.2, -0.15) is 10.3 Å². The molecule has 0 aliphatic rings. The van der Waals surface area contributed by atoms with Crippen molar-refractivity contribution in [2.75, 3.05) is 0 Å². The zero-order chi connectivity index (χ0) is 16.2. The number of hydrogen-bond acceptors (Lipinski definition) is 7. The molecular formula is C13H16N8OS. The Morgan fingerprint density at radius 2 is 2.35 bits per heavy atom. The van der Waals surface area contributed by atoms with E-state index in [0.29, 0.717) is 36.2 Å². The van der Waals surface area contributed by atoms with Gasteiger partial charge in [0.15, 0.2) is 0 Å². The minimum Gasteiger partial charge on any atom is -0.344 e. The van der Waals surface area contributed by atoms with Gasteiger partial charge < -0.3 is 5.32 Å². The van der Waals surface area contributed by atoms with Gasteiger partial charge in [0, 0.05) is 18.1 Å². The Labute approximate surface area is 136 Å². The van der Waals surface area contributed by atoms with E-state index in [1.54, 1.807) is 16.9 Å². The lowest BCUT2D eigenvalue weighted by atomic mass is 10.2.